The summed E-state index contributed by atoms with van der Waals surface area (Å²) < 4.78 is 10.7. The van der Waals surface area contributed by atoms with Crippen LogP contribution in [0.25, 0.3) is 0 Å². The zero-order valence-corrected chi connectivity index (χ0v) is 15.3. The SMILES string of the molecule is COc1ccc(CCN2CCN(c3ccccn3)C[C@H]2C)cc1OC. The molecule has 1 aliphatic rings. The fourth-order valence-electron chi connectivity index (χ4n) is 3.39. The van der Waals surface area contributed by atoms with Crippen molar-refractivity contribution in [2.75, 3.05) is 45.3 Å². The van der Waals surface area contributed by atoms with Gasteiger partial charge in [-0.05, 0) is 43.2 Å². The Bertz CT molecular complexity index is 678. The number of hydrogen-bond donors (Lipinski definition) is 0. The van der Waals surface area contributed by atoms with Gasteiger partial charge in [0.05, 0.1) is 14.2 Å². The molecule has 3 rings (SSSR count). The molecule has 25 heavy (non-hydrogen) atoms. The maximum absolute atomic E-state index is 5.40. The Morgan fingerprint density at radius 3 is 2.60 bits per heavy atom. The average Bonchev–Trinajstić information content (AvgIpc) is 2.67. The Morgan fingerprint density at radius 1 is 1.08 bits per heavy atom. The smallest absolute Gasteiger partial charge is 0.160 e. The second-order valence-corrected chi connectivity index (χ2v) is 6.46. The first-order chi connectivity index (χ1) is 12.2. The summed E-state index contributed by atoms with van der Waals surface area (Å²) in [6, 6.07) is 12.8. The minimum absolute atomic E-state index is 0.510. The number of aromatic nitrogens is 1. The van der Waals surface area contributed by atoms with E-state index in [9.17, 15) is 0 Å². The minimum Gasteiger partial charge on any atom is -0.493 e. The highest BCUT2D eigenvalue weighted by Gasteiger charge is 2.24. The third kappa shape index (κ3) is 4.23. The van der Waals surface area contributed by atoms with Crippen LogP contribution in [0.3, 0.4) is 0 Å². The Labute approximate surface area is 150 Å². The first kappa shape index (κ1) is 17.5. The van der Waals surface area contributed by atoms with Crippen molar-refractivity contribution >= 4 is 5.82 Å². The van der Waals surface area contributed by atoms with Crippen molar-refractivity contribution in [2.45, 2.75) is 19.4 Å². The van der Waals surface area contributed by atoms with Crippen LogP contribution in [-0.4, -0.2) is 56.3 Å². The maximum Gasteiger partial charge on any atom is 0.160 e. The summed E-state index contributed by atoms with van der Waals surface area (Å²) in [5.74, 6) is 2.66. The number of nitrogens with zero attached hydrogens (tertiary/aromatic N) is 3. The molecule has 134 valence electrons. The number of pyridine rings is 1. The van der Waals surface area contributed by atoms with Crippen molar-refractivity contribution in [2.24, 2.45) is 0 Å². The number of benzene rings is 1. The lowest BCUT2D eigenvalue weighted by Crippen LogP contribution is -2.52. The lowest BCUT2D eigenvalue weighted by molar-refractivity contribution is 0.191. The molecule has 0 unspecified atom stereocenters. The number of hydrogen-bond acceptors (Lipinski definition) is 5. The molecular weight excluding hydrogens is 314 g/mol. The molecule has 0 saturated carbocycles. The summed E-state index contributed by atoms with van der Waals surface area (Å²) in [5, 5.41) is 0. The molecule has 5 nitrogen and oxygen atoms in total. The van der Waals surface area contributed by atoms with E-state index in [4.69, 9.17) is 9.47 Å². The van der Waals surface area contributed by atoms with Crippen LogP contribution < -0.4 is 14.4 Å². The molecule has 0 amide bonds. The lowest BCUT2D eigenvalue weighted by Gasteiger charge is -2.40. The third-order valence-corrected chi connectivity index (χ3v) is 4.87. The summed E-state index contributed by atoms with van der Waals surface area (Å²) in [4.78, 5) is 9.40. The maximum atomic E-state index is 5.40. The van der Waals surface area contributed by atoms with E-state index < -0.39 is 0 Å². The highest BCUT2D eigenvalue weighted by atomic mass is 16.5. The van der Waals surface area contributed by atoms with Crippen molar-refractivity contribution in [3.63, 3.8) is 0 Å². The second-order valence-electron chi connectivity index (χ2n) is 6.46. The van der Waals surface area contributed by atoms with Crippen LogP contribution in [0, 0.1) is 0 Å². The molecule has 1 saturated heterocycles. The fourth-order valence-corrected chi connectivity index (χ4v) is 3.39. The molecule has 0 N–H and O–H groups in total. The molecule has 5 heteroatoms. The first-order valence-electron chi connectivity index (χ1n) is 8.82. The van der Waals surface area contributed by atoms with E-state index in [2.05, 4.69) is 46.0 Å². The van der Waals surface area contributed by atoms with Crippen LogP contribution in [0.4, 0.5) is 5.82 Å². The van der Waals surface area contributed by atoms with Gasteiger partial charge in [-0.3, -0.25) is 4.90 Å². The predicted octanol–water partition coefficient (Wildman–Crippen LogP) is 2.85. The molecule has 1 fully saturated rings. The van der Waals surface area contributed by atoms with E-state index in [0.29, 0.717) is 6.04 Å². The van der Waals surface area contributed by atoms with Crippen molar-refractivity contribution in [3.8, 4) is 11.5 Å². The predicted molar refractivity (Wildman–Crippen MR) is 101 cm³/mol. The quantitative estimate of drug-likeness (QED) is 0.808. The van der Waals surface area contributed by atoms with Gasteiger partial charge in [0.15, 0.2) is 11.5 Å². The van der Waals surface area contributed by atoms with E-state index in [1.807, 2.05) is 18.3 Å². The average molecular weight is 341 g/mol. The largest absolute Gasteiger partial charge is 0.493 e. The van der Waals surface area contributed by atoms with Gasteiger partial charge in [0.1, 0.15) is 5.82 Å². The van der Waals surface area contributed by atoms with Gasteiger partial charge in [0.2, 0.25) is 0 Å². The third-order valence-electron chi connectivity index (χ3n) is 4.87. The van der Waals surface area contributed by atoms with Crippen molar-refractivity contribution in [1.29, 1.82) is 0 Å². The zero-order valence-electron chi connectivity index (χ0n) is 15.3. The highest BCUT2D eigenvalue weighted by molar-refractivity contribution is 5.43. The Balaban J connectivity index is 1.56. The van der Waals surface area contributed by atoms with Crippen LogP contribution in [0.1, 0.15) is 12.5 Å². The Morgan fingerprint density at radius 2 is 1.92 bits per heavy atom. The lowest BCUT2D eigenvalue weighted by atomic mass is 10.1. The van der Waals surface area contributed by atoms with Gasteiger partial charge < -0.3 is 14.4 Å². The van der Waals surface area contributed by atoms with Gasteiger partial charge in [0, 0.05) is 38.4 Å². The molecule has 0 spiro atoms. The Kier molecular flexibility index (Phi) is 5.76. The van der Waals surface area contributed by atoms with Crippen LogP contribution in [-0.2, 0) is 6.42 Å². The van der Waals surface area contributed by atoms with Crippen LogP contribution in [0.5, 0.6) is 11.5 Å². The van der Waals surface area contributed by atoms with Crippen LogP contribution in [0.15, 0.2) is 42.6 Å². The van der Waals surface area contributed by atoms with Gasteiger partial charge in [-0.25, -0.2) is 4.98 Å². The first-order valence-corrected chi connectivity index (χ1v) is 8.82. The summed E-state index contributed by atoms with van der Waals surface area (Å²) in [6.45, 7) is 6.44. The normalized spacial score (nSPS) is 18.2. The summed E-state index contributed by atoms with van der Waals surface area (Å²) in [7, 11) is 3.35. The zero-order chi connectivity index (χ0) is 17.6. The van der Waals surface area contributed by atoms with Gasteiger partial charge in [-0.2, -0.15) is 0 Å². The highest BCUT2D eigenvalue weighted by Crippen LogP contribution is 2.28. The standard InChI is InChI=1S/C20H27N3O2/c1-16-15-23(20-6-4-5-10-21-20)13-12-22(16)11-9-17-7-8-18(24-2)19(14-17)25-3/h4-8,10,14,16H,9,11-13,15H2,1-3H3/t16-/m1/s1. The van der Waals surface area contributed by atoms with E-state index in [1.54, 1.807) is 14.2 Å². The van der Waals surface area contributed by atoms with E-state index in [0.717, 1.165) is 49.9 Å². The number of rotatable bonds is 6. The summed E-state index contributed by atoms with van der Waals surface area (Å²) in [6.07, 6.45) is 2.87. The molecule has 2 heterocycles. The van der Waals surface area contributed by atoms with Gasteiger partial charge in [-0.1, -0.05) is 12.1 Å². The molecule has 0 aliphatic carbocycles. The number of piperazine rings is 1. The van der Waals surface area contributed by atoms with Gasteiger partial charge in [-0.15, -0.1) is 0 Å². The molecule has 1 atom stereocenters. The molecule has 0 radical (unpaired) electrons. The van der Waals surface area contributed by atoms with Crippen LogP contribution >= 0.6 is 0 Å². The molecule has 1 aliphatic heterocycles. The van der Waals surface area contributed by atoms with E-state index in [-0.39, 0.29) is 0 Å². The monoisotopic (exact) mass is 341 g/mol. The molecule has 0 bridgehead atoms. The van der Waals surface area contributed by atoms with Crippen molar-refractivity contribution in [1.82, 2.24) is 9.88 Å². The van der Waals surface area contributed by atoms with E-state index >= 15 is 0 Å². The Hall–Kier alpha value is -2.27. The molecular formula is C20H27N3O2. The van der Waals surface area contributed by atoms with Crippen molar-refractivity contribution < 1.29 is 9.47 Å². The molecule has 1 aromatic carbocycles. The fraction of sp³-hybridized carbons (Fsp3) is 0.450. The summed E-state index contributed by atoms with van der Waals surface area (Å²) in [5.41, 5.74) is 1.28. The van der Waals surface area contributed by atoms with Gasteiger partial charge >= 0.3 is 0 Å². The van der Waals surface area contributed by atoms with E-state index in [1.165, 1.54) is 5.56 Å². The number of anilines is 1. The molecule has 1 aromatic heterocycles. The van der Waals surface area contributed by atoms with Crippen LogP contribution in [0.2, 0.25) is 0 Å². The summed E-state index contributed by atoms with van der Waals surface area (Å²) >= 11 is 0. The number of ether oxygens (including phenoxy) is 2. The van der Waals surface area contributed by atoms with Gasteiger partial charge in [0.25, 0.3) is 0 Å². The second kappa shape index (κ2) is 8.21. The van der Waals surface area contributed by atoms with Crippen molar-refractivity contribution in [3.05, 3.63) is 48.2 Å². The topological polar surface area (TPSA) is 37.8 Å². The minimum atomic E-state index is 0.510. The number of methoxy groups -OCH3 is 2. The molecule has 2 aromatic rings.